The van der Waals surface area contributed by atoms with Crippen LogP contribution in [0.25, 0.3) is 0 Å². The number of hydrogen-bond acceptors (Lipinski definition) is 3. The van der Waals surface area contributed by atoms with E-state index in [0.29, 0.717) is 6.04 Å². The monoisotopic (exact) mass is 280 g/mol. The lowest BCUT2D eigenvalue weighted by molar-refractivity contribution is 0.0764. The van der Waals surface area contributed by atoms with Gasteiger partial charge in [-0.05, 0) is 38.3 Å². The lowest BCUT2D eigenvalue weighted by Gasteiger charge is -2.45. The molecule has 1 aliphatic heterocycles. The van der Waals surface area contributed by atoms with Crippen LogP contribution < -0.4 is 5.32 Å². The van der Waals surface area contributed by atoms with Gasteiger partial charge in [-0.3, -0.25) is 4.90 Å². The molecule has 1 N–H and O–H groups in total. The number of aryl methyl sites for hydroxylation is 1. The number of nitrogens with one attached hydrogen (secondary N) is 1. The van der Waals surface area contributed by atoms with Gasteiger partial charge in [0.1, 0.15) is 0 Å². The summed E-state index contributed by atoms with van der Waals surface area (Å²) in [6.45, 7) is 12.6. The predicted octanol–water partition coefficient (Wildman–Crippen LogP) is 3.66. The first-order valence-electron chi connectivity index (χ1n) is 7.67. The molecule has 2 rings (SSSR count). The first-order chi connectivity index (χ1) is 9.10. The molecule has 0 amide bonds. The molecule has 3 heteroatoms. The summed E-state index contributed by atoms with van der Waals surface area (Å²) >= 11 is 1.98. The molecule has 0 saturated carbocycles. The summed E-state index contributed by atoms with van der Waals surface area (Å²) in [5, 5.41) is 3.74. The highest BCUT2D eigenvalue weighted by Gasteiger charge is 2.33. The van der Waals surface area contributed by atoms with E-state index in [9.17, 15) is 0 Å². The third kappa shape index (κ3) is 3.59. The molecule has 0 bridgehead atoms. The third-order valence-electron chi connectivity index (χ3n) is 4.51. The van der Waals surface area contributed by atoms with Gasteiger partial charge in [0.25, 0.3) is 0 Å². The van der Waals surface area contributed by atoms with E-state index < -0.39 is 0 Å². The Balaban J connectivity index is 2.05. The standard InChI is InChI=1S/C16H28N2S/c1-5-13-10-17-16(4,7-3)12-18(13)11-15-9-8-14(6-2)19-15/h8-9,13,17H,5-7,10-12H2,1-4H3. The molecule has 2 heterocycles. The maximum Gasteiger partial charge on any atom is 0.0332 e. The van der Waals surface area contributed by atoms with Crippen LogP contribution in [-0.2, 0) is 13.0 Å². The lowest BCUT2D eigenvalue weighted by Crippen LogP contribution is -2.62. The number of hydrogen-bond donors (Lipinski definition) is 1. The smallest absolute Gasteiger partial charge is 0.0332 e. The fraction of sp³-hybridized carbons (Fsp3) is 0.750. The zero-order valence-corrected chi connectivity index (χ0v) is 13.6. The van der Waals surface area contributed by atoms with Crippen molar-refractivity contribution in [1.82, 2.24) is 10.2 Å². The van der Waals surface area contributed by atoms with Crippen LogP contribution in [0.15, 0.2) is 12.1 Å². The van der Waals surface area contributed by atoms with E-state index in [2.05, 4.69) is 50.0 Å². The molecular formula is C16H28N2S. The van der Waals surface area contributed by atoms with Crippen molar-refractivity contribution < 1.29 is 0 Å². The van der Waals surface area contributed by atoms with Gasteiger partial charge in [-0.15, -0.1) is 11.3 Å². The molecule has 1 fully saturated rings. The summed E-state index contributed by atoms with van der Waals surface area (Å²) < 4.78 is 0. The molecule has 0 aliphatic carbocycles. The van der Waals surface area contributed by atoms with Crippen LogP contribution in [0.1, 0.15) is 50.3 Å². The summed E-state index contributed by atoms with van der Waals surface area (Å²) in [6.07, 6.45) is 3.60. The predicted molar refractivity (Wildman–Crippen MR) is 84.9 cm³/mol. The van der Waals surface area contributed by atoms with Crippen LogP contribution in [0.2, 0.25) is 0 Å². The van der Waals surface area contributed by atoms with E-state index in [4.69, 9.17) is 0 Å². The molecule has 2 unspecified atom stereocenters. The van der Waals surface area contributed by atoms with E-state index in [0.717, 1.165) is 19.5 Å². The molecule has 0 aromatic carbocycles. The third-order valence-corrected chi connectivity index (χ3v) is 5.72. The van der Waals surface area contributed by atoms with Gasteiger partial charge in [0.15, 0.2) is 0 Å². The van der Waals surface area contributed by atoms with E-state index in [-0.39, 0.29) is 5.54 Å². The quantitative estimate of drug-likeness (QED) is 0.885. The number of rotatable bonds is 5. The first-order valence-corrected chi connectivity index (χ1v) is 8.48. The molecule has 2 atom stereocenters. The highest BCUT2D eigenvalue weighted by molar-refractivity contribution is 7.11. The normalized spacial score (nSPS) is 28.7. The Kier molecular flexibility index (Phi) is 5.04. The second kappa shape index (κ2) is 6.38. The topological polar surface area (TPSA) is 15.3 Å². The van der Waals surface area contributed by atoms with Crippen LogP contribution >= 0.6 is 11.3 Å². The molecule has 1 aliphatic rings. The summed E-state index contributed by atoms with van der Waals surface area (Å²) in [5.74, 6) is 0. The van der Waals surface area contributed by atoms with E-state index in [1.165, 1.54) is 29.1 Å². The fourth-order valence-electron chi connectivity index (χ4n) is 2.85. The van der Waals surface area contributed by atoms with Crippen LogP contribution in [0.3, 0.4) is 0 Å². The Morgan fingerprint density at radius 3 is 2.63 bits per heavy atom. The van der Waals surface area contributed by atoms with Gasteiger partial charge in [0, 0.05) is 41.0 Å². The zero-order chi connectivity index (χ0) is 13.9. The maximum absolute atomic E-state index is 3.74. The average molecular weight is 280 g/mol. The summed E-state index contributed by atoms with van der Waals surface area (Å²) in [4.78, 5) is 5.72. The Labute approximate surface area is 122 Å². The second-order valence-electron chi connectivity index (χ2n) is 5.98. The van der Waals surface area contributed by atoms with Crippen molar-refractivity contribution in [2.45, 2.75) is 65.1 Å². The highest BCUT2D eigenvalue weighted by atomic mass is 32.1. The molecule has 0 spiro atoms. The van der Waals surface area contributed by atoms with Gasteiger partial charge < -0.3 is 5.32 Å². The summed E-state index contributed by atoms with van der Waals surface area (Å²) in [6, 6.07) is 5.30. The van der Waals surface area contributed by atoms with Crippen molar-refractivity contribution in [3.05, 3.63) is 21.9 Å². The Bertz CT molecular complexity index is 401. The average Bonchev–Trinajstić information content (AvgIpc) is 2.87. The van der Waals surface area contributed by atoms with Crippen LogP contribution in [0, 0.1) is 0 Å². The maximum atomic E-state index is 3.74. The molecule has 1 aromatic heterocycles. The van der Waals surface area contributed by atoms with E-state index >= 15 is 0 Å². The van der Waals surface area contributed by atoms with Crippen molar-refractivity contribution in [3.8, 4) is 0 Å². The molecule has 1 saturated heterocycles. The Morgan fingerprint density at radius 2 is 2.05 bits per heavy atom. The van der Waals surface area contributed by atoms with Gasteiger partial charge in [-0.25, -0.2) is 0 Å². The largest absolute Gasteiger partial charge is 0.309 e. The Morgan fingerprint density at radius 1 is 1.32 bits per heavy atom. The minimum atomic E-state index is 0.288. The van der Waals surface area contributed by atoms with Crippen molar-refractivity contribution >= 4 is 11.3 Å². The molecule has 19 heavy (non-hydrogen) atoms. The van der Waals surface area contributed by atoms with Gasteiger partial charge in [0.05, 0.1) is 0 Å². The van der Waals surface area contributed by atoms with Crippen molar-refractivity contribution in [2.75, 3.05) is 13.1 Å². The molecular weight excluding hydrogens is 252 g/mol. The van der Waals surface area contributed by atoms with Crippen molar-refractivity contribution in [1.29, 1.82) is 0 Å². The van der Waals surface area contributed by atoms with Crippen LogP contribution in [-0.4, -0.2) is 29.6 Å². The highest BCUT2D eigenvalue weighted by Crippen LogP contribution is 2.25. The zero-order valence-electron chi connectivity index (χ0n) is 12.8. The molecule has 108 valence electrons. The second-order valence-corrected chi connectivity index (χ2v) is 7.24. The number of piperazine rings is 1. The van der Waals surface area contributed by atoms with Gasteiger partial charge in [0.2, 0.25) is 0 Å². The molecule has 2 nitrogen and oxygen atoms in total. The molecule has 1 aromatic rings. The van der Waals surface area contributed by atoms with E-state index in [1.54, 1.807) is 0 Å². The van der Waals surface area contributed by atoms with Gasteiger partial charge in [-0.2, -0.15) is 0 Å². The molecule has 0 radical (unpaired) electrons. The first kappa shape index (κ1) is 15.0. The van der Waals surface area contributed by atoms with E-state index in [1.807, 2.05) is 11.3 Å². The van der Waals surface area contributed by atoms with Gasteiger partial charge >= 0.3 is 0 Å². The van der Waals surface area contributed by atoms with Crippen LogP contribution in [0.5, 0.6) is 0 Å². The number of nitrogens with zero attached hydrogens (tertiary/aromatic N) is 1. The SMILES string of the molecule is CCc1ccc(CN2CC(C)(CC)NCC2CC)s1. The van der Waals surface area contributed by atoms with Crippen LogP contribution in [0.4, 0.5) is 0 Å². The van der Waals surface area contributed by atoms with Crippen molar-refractivity contribution in [3.63, 3.8) is 0 Å². The fourth-order valence-corrected chi connectivity index (χ4v) is 3.83. The van der Waals surface area contributed by atoms with Gasteiger partial charge in [-0.1, -0.05) is 20.8 Å². The minimum Gasteiger partial charge on any atom is -0.309 e. The summed E-state index contributed by atoms with van der Waals surface area (Å²) in [5.41, 5.74) is 0.288. The summed E-state index contributed by atoms with van der Waals surface area (Å²) in [7, 11) is 0. The number of thiophene rings is 1. The Hall–Kier alpha value is -0.380. The minimum absolute atomic E-state index is 0.288. The lowest BCUT2D eigenvalue weighted by atomic mass is 9.93. The van der Waals surface area contributed by atoms with Crippen molar-refractivity contribution in [2.24, 2.45) is 0 Å².